The predicted molar refractivity (Wildman–Crippen MR) is 100 cm³/mol. The zero-order valence-corrected chi connectivity index (χ0v) is 14.8. The zero-order chi connectivity index (χ0) is 18.1. The van der Waals surface area contributed by atoms with Crippen LogP contribution in [0.15, 0.2) is 59.9 Å². The van der Waals surface area contributed by atoms with E-state index in [1.54, 1.807) is 11.0 Å². The fraction of sp³-hybridized carbons (Fsp3) is 0.158. The smallest absolute Gasteiger partial charge is 0.270 e. The summed E-state index contributed by atoms with van der Waals surface area (Å²) in [6.45, 7) is 1.92. The van der Waals surface area contributed by atoms with Crippen molar-refractivity contribution in [3.63, 3.8) is 0 Å². The molecule has 4 rings (SSSR count). The predicted octanol–water partition coefficient (Wildman–Crippen LogP) is 3.37. The summed E-state index contributed by atoms with van der Waals surface area (Å²) in [6, 6.07) is 13.3. The van der Waals surface area contributed by atoms with Crippen LogP contribution >= 0.6 is 11.6 Å². The molecule has 0 spiro atoms. The number of aryl methyl sites for hydroxylation is 1. The van der Waals surface area contributed by atoms with E-state index >= 15 is 0 Å². The van der Waals surface area contributed by atoms with Gasteiger partial charge in [-0.05, 0) is 41.8 Å². The van der Waals surface area contributed by atoms with Crippen LogP contribution in [0.1, 0.15) is 29.8 Å². The van der Waals surface area contributed by atoms with Crippen LogP contribution < -0.4 is 5.56 Å². The van der Waals surface area contributed by atoms with Gasteiger partial charge in [0.2, 0.25) is 0 Å². The van der Waals surface area contributed by atoms with Crippen molar-refractivity contribution in [3.05, 3.63) is 87.3 Å². The first kappa shape index (κ1) is 16.5. The molecule has 0 bridgehead atoms. The standard InChI is InChI=1S/C19H16ClN5O/c1-2-15-19(26)24-16-8-5-13(9-17(16)23-15)18(25-11-21-10-22-25)12-3-6-14(20)7-4-12/h3-11,18H,2H2,1H3,(H,24,26). The normalized spacial score (nSPS) is 12.4. The number of halogens is 1. The Labute approximate surface area is 154 Å². The molecule has 0 aliphatic carbocycles. The Kier molecular flexibility index (Phi) is 4.26. The first-order chi connectivity index (χ1) is 12.7. The maximum absolute atomic E-state index is 12.0. The van der Waals surface area contributed by atoms with E-state index < -0.39 is 0 Å². The number of rotatable bonds is 4. The number of benzene rings is 2. The van der Waals surface area contributed by atoms with Gasteiger partial charge in [-0.25, -0.2) is 14.6 Å². The summed E-state index contributed by atoms with van der Waals surface area (Å²) in [5, 5.41) is 4.99. The molecular formula is C19H16ClN5O. The SMILES string of the molecule is CCc1nc2cc(C(c3ccc(Cl)cc3)n3cncn3)ccc2[nH]c1=O. The van der Waals surface area contributed by atoms with E-state index in [4.69, 9.17) is 11.6 Å². The molecule has 0 fully saturated rings. The van der Waals surface area contributed by atoms with Crippen LogP contribution in [0.4, 0.5) is 0 Å². The first-order valence-corrected chi connectivity index (χ1v) is 8.66. The van der Waals surface area contributed by atoms with Gasteiger partial charge in [-0.3, -0.25) is 4.79 Å². The Morgan fingerprint density at radius 2 is 1.92 bits per heavy atom. The highest BCUT2D eigenvalue weighted by atomic mass is 35.5. The third kappa shape index (κ3) is 2.99. The monoisotopic (exact) mass is 365 g/mol. The minimum atomic E-state index is -0.169. The van der Waals surface area contributed by atoms with Crippen molar-refractivity contribution in [2.45, 2.75) is 19.4 Å². The fourth-order valence-electron chi connectivity index (χ4n) is 3.04. The van der Waals surface area contributed by atoms with Crippen LogP contribution in [0.3, 0.4) is 0 Å². The number of aromatic amines is 1. The Morgan fingerprint density at radius 1 is 1.15 bits per heavy atom. The lowest BCUT2D eigenvalue weighted by Gasteiger charge is -2.18. The molecule has 2 aromatic heterocycles. The molecule has 1 unspecified atom stereocenters. The van der Waals surface area contributed by atoms with Gasteiger partial charge in [0, 0.05) is 5.02 Å². The lowest BCUT2D eigenvalue weighted by molar-refractivity contribution is 0.594. The molecule has 0 radical (unpaired) electrons. The van der Waals surface area contributed by atoms with Crippen molar-refractivity contribution >= 4 is 22.6 Å². The largest absolute Gasteiger partial charge is 0.319 e. The van der Waals surface area contributed by atoms with Gasteiger partial charge in [0.25, 0.3) is 5.56 Å². The van der Waals surface area contributed by atoms with Gasteiger partial charge >= 0.3 is 0 Å². The second-order valence-electron chi connectivity index (χ2n) is 5.97. The van der Waals surface area contributed by atoms with E-state index in [0.29, 0.717) is 22.7 Å². The van der Waals surface area contributed by atoms with E-state index in [1.807, 2.05) is 49.4 Å². The van der Waals surface area contributed by atoms with E-state index in [1.165, 1.54) is 6.33 Å². The molecule has 4 aromatic rings. The summed E-state index contributed by atoms with van der Waals surface area (Å²) in [6.07, 6.45) is 3.77. The molecule has 2 aromatic carbocycles. The molecule has 0 aliphatic rings. The molecule has 0 saturated carbocycles. The van der Waals surface area contributed by atoms with Crippen molar-refractivity contribution in [2.24, 2.45) is 0 Å². The van der Waals surface area contributed by atoms with Gasteiger partial charge in [0.15, 0.2) is 0 Å². The number of fused-ring (bicyclic) bond motifs is 1. The number of H-pyrrole nitrogens is 1. The molecule has 0 amide bonds. The molecule has 7 heteroatoms. The number of hydrogen-bond acceptors (Lipinski definition) is 4. The molecule has 2 heterocycles. The number of aromatic nitrogens is 5. The Morgan fingerprint density at radius 3 is 2.62 bits per heavy atom. The van der Waals surface area contributed by atoms with Gasteiger partial charge in [0.1, 0.15) is 24.4 Å². The van der Waals surface area contributed by atoms with Crippen molar-refractivity contribution in [2.75, 3.05) is 0 Å². The van der Waals surface area contributed by atoms with Gasteiger partial charge in [0.05, 0.1) is 11.0 Å². The van der Waals surface area contributed by atoms with Crippen molar-refractivity contribution in [1.82, 2.24) is 24.7 Å². The molecule has 1 N–H and O–H groups in total. The van der Waals surface area contributed by atoms with Crippen LogP contribution in [0.25, 0.3) is 11.0 Å². The highest BCUT2D eigenvalue weighted by Crippen LogP contribution is 2.28. The highest BCUT2D eigenvalue weighted by Gasteiger charge is 2.18. The topological polar surface area (TPSA) is 76.5 Å². The fourth-order valence-corrected chi connectivity index (χ4v) is 3.17. The number of nitrogens with zero attached hydrogens (tertiary/aromatic N) is 4. The second-order valence-corrected chi connectivity index (χ2v) is 6.41. The zero-order valence-electron chi connectivity index (χ0n) is 14.1. The third-order valence-corrected chi connectivity index (χ3v) is 4.58. The minimum Gasteiger partial charge on any atom is -0.319 e. The summed E-state index contributed by atoms with van der Waals surface area (Å²) in [5.41, 5.74) is 3.87. The Hall–Kier alpha value is -2.99. The molecular weight excluding hydrogens is 350 g/mol. The van der Waals surface area contributed by atoms with Crippen molar-refractivity contribution in [1.29, 1.82) is 0 Å². The van der Waals surface area contributed by atoms with Gasteiger partial charge in [-0.15, -0.1) is 0 Å². The molecule has 6 nitrogen and oxygen atoms in total. The molecule has 26 heavy (non-hydrogen) atoms. The summed E-state index contributed by atoms with van der Waals surface area (Å²) < 4.78 is 1.79. The van der Waals surface area contributed by atoms with Gasteiger partial charge in [-0.2, -0.15) is 5.10 Å². The Bertz CT molecular complexity index is 1100. The van der Waals surface area contributed by atoms with E-state index in [9.17, 15) is 4.79 Å². The van der Waals surface area contributed by atoms with E-state index in [2.05, 4.69) is 20.1 Å². The quantitative estimate of drug-likeness (QED) is 0.601. The van der Waals surface area contributed by atoms with Gasteiger partial charge in [-0.1, -0.05) is 36.7 Å². The molecule has 0 aliphatic heterocycles. The average Bonchev–Trinajstić information content (AvgIpc) is 3.17. The maximum Gasteiger partial charge on any atom is 0.270 e. The van der Waals surface area contributed by atoms with Crippen LogP contribution in [-0.4, -0.2) is 24.7 Å². The summed E-state index contributed by atoms with van der Waals surface area (Å²) in [4.78, 5) is 23.4. The lowest BCUT2D eigenvalue weighted by atomic mass is 9.98. The minimum absolute atomic E-state index is 0.140. The van der Waals surface area contributed by atoms with Crippen molar-refractivity contribution in [3.8, 4) is 0 Å². The van der Waals surface area contributed by atoms with E-state index in [-0.39, 0.29) is 11.6 Å². The van der Waals surface area contributed by atoms with Crippen LogP contribution in [-0.2, 0) is 6.42 Å². The number of hydrogen-bond donors (Lipinski definition) is 1. The average molecular weight is 366 g/mol. The van der Waals surface area contributed by atoms with Crippen molar-refractivity contribution < 1.29 is 0 Å². The molecule has 1 atom stereocenters. The summed E-state index contributed by atoms with van der Waals surface area (Å²) >= 11 is 6.04. The second kappa shape index (κ2) is 6.72. The van der Waals surface area contributed by atoms with Crippen LogP contribution in [0.5, 0.6) is 0 Å². The lowest BCUT2D eigenvalue weighted by Crippen LogP contribution is -2.16. The Balaban J connectivity index is 1.89. The van der Waals surface area contributed by atoms with E-state index in [0.717, 1.165) is 16.6 Å². The summed E-state index contributed by atoms with van der Waals surface area (Å²) in [5.74, 6) is 0. The third-order valence-electron chi connectivity index (χ3n) is 4.33. The van der Waals surface area contributed by atoms with Crippen LogP contribution in [0.2, 0.25) is 5.02 Å². The highest BCUT2D eigenvalue weighted by molar-refractivity contribution is 6.30. The number of nitrogens with one attached hydrogen (secondary N) is 1. The molecule has 130 valence electrons. The van der Waals surface area contributed by atoms with Crippen LogP contribution in [0, 0.1) is 0 Å². The maximum atomic E-state index is 12.0. The summed E-state index contributed by atoms with van der Waals surface area (Å²) in [7, 11) is 0. The first-order valence-electron chi connectivity index (χ1n) is 8.28. The van der Waals surface area contributed by atoms with Gasteiger partial charge < -0.3 is 4.98 Å². The molecule has 0 saturated heterocycles.